The van der Waals surface area contributed by atoms with Gasteiger partial charge in [-0.2, -0.15) is 0 Å². The number of halogens is 2. The highest BCUT2D eigenvalue weighted by Gasteiger charge is 2.16. The topological polar surface area (TPSA) is 80.9 Å². The van der Waals surface area contributed by atoms with Crippen molar-refractivity contribution in [1.82, 2.24) is 20.2 Å². The van der Waals surface area contributed by atoms with Crippen LogP contribution < -0.4 is 0 Å². The molecule has 1 atom stereocenters. The van der Waals surface area contributed by atoms with Gasteiger partial charge in [0.2, 0.25) is 0 Å². The normalized spacial score (nSPS) is 12.6. The monoisotopic (exact) mass is 408 g/mol. The molecule has 19 heavy (non-hydrogen) atoms. The fraction of sp³-hybridized carbons (Fsp3) is 0.400. The van der Waals surface area contributed by atoms with Gasteiger partial charge in [-0.05, 0) is 54.3 Å². The van der Waals surface area contributed by atoms with Crippen LogP contribution in [-0.4, -0.2) is 31.3 Å². The first-order chi connectivity index (χ1) is 8.97. The molecule has 9 heteroatoms. The Morgan fingerprint density at radius 3 is 2.89 bits per heavy atom. The van der Waals surface area contributed by atoms with Crippen molar-refractivity contribution in [2.75, 3.05) is 0 Å². The van der Waals surface area contributed by atoms with Crippen LogP contribution in [0, 0.1) is 5.92 Å². The van der Waals surface area contributed by atoms with Crippen LogP contribution in [0.15, 0.2) is 14.3 Å². The van der Waals surface area contributed by atoms with Crippen LogP contribution in [0.1, 0.15) is 13.3 Å². The maximum absolute atomic E-state index is 10.7. The number of aliphatic carboxylic acids is 1. The summed E-state index contributed by atoms with van der Waals surface area (Å²) in [6, 6.07) is 1.93. The van der Waals surface area contributed by atoms with Crippen LogP contribution in [0.25, 0.3) is 10.7 Å². The Morgan fingerprint density at radius 1 is 1.58 bits per heavy atom. The van der Waals surface area contributed by atoms with Crippen molar-refractivity contribution in [2.24, 2.45) is 5.92 Å². The zero-order valence-electron chi connectivity index (χ0n) is 9.88. The predicted molar refractivity (Wildman–Crippen MR) is 77.9 cm³/mol. The number of carboxylic acids is 1. The molecule has 0 fully saturated rings. The molecule has 102 valence electrons. The maximum atomic E-state index is 10.7. The largest absolute Gasteiger partial charge is 0.481 e. The molecule has 0 aliphatic heterocycles. The molecule has 2 rings (SSSR count). The van der Waals surface area contributed by atoms with Crippen LogP contribution in [0.4, 0.5) is 0 Å². The van der Waals surface area contributed by atoms with Crippen molar-refractivity contribution in [2.45, 2.75) is 19.9 Å². The summed E-state index contributed by atoms with van der Waals surface area (Å²) in [6.45, 7) is 2.33. The molecule has 0 saturated heterocycles. The maximum Gasteiger partial charge on any atom is 0.303 e. The number of carbonyl (C=O) groups is 1. The average molecular weight is 410 g/mol. The van der Waals surface area contributed by atoms with Crippen molar-refractivity contribution in [3.63, 3.8) is 0 Å². The van der Waals surface area contributed by atoms with Gasteiger partial charge in [0.15, 0.2) is 5.82 Å². The SMILES string of the molecule is CC(CC(=O)O)Cn1nnnc1-c1cc(Br)c(Br)s1. The third-order valence-electron chi connectivity index (χ3n) is 2.41. The Balaban J connectivity index is 2.20. The Bertz CT molecular complexity index is 579. The summed E-state index contributed by atoms with van der Waals surface area (Å²) in [5, 5.41) is 20.3. The van der Waals surface area contributed by atoms with Crippen molar-refractivity contribution in [3.05, 3.63) is 14.3 Å². The molecule has 2 aromatic heterocycles. The highest BCUT2D eigenvalue weighted by Crippen LogP contribution is 2.37. The van der Waals surface area contributed by atoms with E-state index in [2.05, 4.69) is 47.4 Å². The predicted octanol–water partition coefficient (Wildman–Crippen LogP) is 3.04. The van der Waals surface area contributed by atoms with E-state index >= 15 is 0 Å². The Kier molecular flexibility index (Phi) is 4.69. The highest BCUT2D eigenvalue weighted by atomic mass is 79.9. The Labute approximate surface area is 130 Å². The van der Waals surface area contributed by atoms with Gasteiger partial charge in [-0.25, -0.2) is 4.68 Å². The summed E-state index contributed by atoms with van der Waals surface area (Å²) in [7, 11) is 0. The number of aromatic nitrogens is 4. The quantitative estimate of drug-likeness (QED) is 0.820. The van der Waals surface area contributed by atoms with Gasteiger partial charge < -0.3 is 5.11 Å². The van der Waals surface area contributed by atoms with E-state index in [1.54, 1.807) is 4.68 Å². The van der Waals surface area contributed by atoms with E-state index in [1.165, 1.54) is 11.3 Å². The van der Waals surface area contributed by atoms with E-state index < -0.39 is 5.97 Å². The van der Waals surface area contributed by atoms with Gasteiger partial charge in [0.1, 0.15) is 0 Å². The van der Waals surface area contributed by atoms with Gasteiger partial charge in [0.05, 0.1) is 8.66 Å². The zero-order chi connectivity index (χ0) is 14.0. The van der Waals surface area contributed by atoms with Gasteiger partial charge in [0, 0.05) is 17.4 Å². The lowest BCUT2D eigenvalue weighted by Crippen LogP contribution is -2.13. The standard InChI is InChI=1S/C10H10Br2N4O2S/c1-5(2-8(17)18)4-16-10(13-14-15-16)7-3-6(11)9(12)19-7/h3,5H,2,4H2,1H3,(H,17,18). The molecule has 1 N–H and O–H groups in total. The minimum absolute atomic E-state index is 0.0356. The van der Waals surface area contributed by atoms with Crippen LogP contribution >= 0.6 is 43.2 Å². The number of nitrogens with zero attached hydrogens (tertiary/aromatic N) is 4. The van der Waals surface area contributed by atoms with Gasteiger partial charge in [-0.3, -0.25) is 4.79 Å². The van der Waals surface area contributed by atoms with Gasteiger partial charge in [-0.1, -0.05) is 6.92 Å². The third kappa shape index (κ3) is 3.61. The summed E-state index contributed by atoms with van der Waals surface area (Å²) in [4.78, 5) is 11.6. The number of rotatable bonds is 5. The zero-order valence-corrected chi connectivity index (χ0v) is 13.9. The third-order valence-corrected chi connectivity index (χ3v) is 5.66. The summed E-state index contributed by atoms with van der Waals surface area (Å²) in [6.07, 6.45) is 0.0944. The van der Waals surface area contributed by atoms with Gasteiger partial charge >= 0.3 is 5.97 Å². The molecular formula is C10H10Br2N4O2S. The lowest BCUT2D eigenvalue weighted by molar-refractivity contribution is -0.138. The lowest BCUT2D eigenvalue weighted by atomic mass is 10.1. The van der Waals surface area contributed by atoms with Crippen molar-refractivity contribution in [3.8, 4) is 10.7 Å². The van der Waals surface area contributed by atoms with E-state index in [0.29, 0.717) is 12.4 Å². The molecule has 6 nitrogen and oxygen atoms in total. The minimum Gasteiger partial charge on any atom is -0.481 e. The summed E-state index contributed by atoms with van der Waals surface area (Å²) < 4.78 is 3.55. The molecule has 0 amide bonds. The molecule has 0 bridgehead atoms. The first-order valence-corrected chi connectivity index (χ1v) is 7.80. The van der Waals surface area contributed by atoms with Crippen LogP contribution in [-0.2, 0) is 11.3 Å². The molecule has 0 spiro atoms. The molecule has 2 aromatic rings. The van der Waals surface area contributed by atoms with E-state index in [1.807, 2.05) is 13.0 Å². The van der Waals surface area contributed by atoms with Crippen LogP contribution in [0.5, 0.6) is 0 Å². The minimum atomic E-state index is -0.816. The molecule has 0 aliphatic rings. The lowest BCUT2D eigenvalue weighted by Gasteiger charge is -2.08. The fourth-order valence-corrected chi connectivity index (χ4v) is 3.64. The summed E-state index contributed by atoms with van der Waals surface area (Å²) in [5.41, 5.74) is 0. The fourth-order valence-electron chi connectivity index (χ4n) is 1.62. The van der Waals surface area contributed by atoms with Crippen molar-refractivity contribution < 1.29 is 9.90 Å². The van der Waals surface area contributed by atoms with Crippen molar-refractivity contribution >= 4 is 49.2 Å². The molecule has 0 aromatic carbocycles. The highest BCUT2D eigenvalue weighted by molar-refractivity contribution is 9.13. The molecule has 0 saturated carbocycles. The first-order valence-electron chi connectivity index (χ1n) is 5.40. The molecule has 1 unspecified atom stereocenters. The number of carboxylic acid groups (broad SMARTS) is 1. The molecule has 2 heterocycles. The number of hydrogen-bond acceptors (Lipinski definition) is 5. The van der Waals surface area contributed by atoms with Gasteiger partial charge in [-0.15, -0.1) is 16.4 Å². The summed E-state index contributed by atoms with van der Waals surface area (Å²) in [5.74, 6) is -0.205. The smallest absolute Gasteiger partial charge is 0.303 e. The van der Waals surface area contributed by atoms with Crippen LogP contribution in [0.3, 0.4) is 0 Å². The van der Waals surface area contributed by atoms with Crippen molar-refractivity contribution in [1.29, 1.82) is 0 Å². The number of tetrazole rings is 1. The molecular weight excluding hydrogens is 400 g/mol. The second-order valence-corrected chi connectivity index (χ2v) is 7.34. The summed E-state index contributed by atoms with van der Waals surface area (Å²) >= 11 is 8.36. The Morgan fingerprint density at radius 2 is 2.32 bits per heavy atom. The number of thiophene rings is 1. The van der Waals surface area contributed by atoms with E-state index in [0.717, 1.165) is 13.1 Å². The van der Waals surface area contributed by atoms with Crippen LogP contribution in [0.2, 0.25) is 0 Å². The Hall–Kier alpha value is -0.800. The van der Waals surface area contributed by atoms with E-state index in [4.69, 9.17) is 5.11 Å². The van der Waals surface area contributed by atoms with Gasteiger partial charge in [0.25, 0.3) is 0 Å². The average Bonchev–Trinajstić information content (AvgIpc) is 2.85. The molecule has 0 radical (unpaired) electrons. The molecule has 0 aliphatic carbocycles. The van der Waals surface area contributed by atoms with E-state index in [-0.39, 0.29) is 12.3 Å². The second kappa shape index (κ2) is 6.10. The number of hydrogen-bond donors (Lipinski definition) is 1. The van der Waals surface area contributed by atoms with E-state index in [9.17, 15) is 4.79 Å². The second-order valence-electron chi connectivity index (χ2n) is 4.12. The first kappa shape index (κ1) is 14.6.